The van der Waals surface area contributed by atoms with Crippen LogP contribution < -0.4 is 4.74 Å². The van der Waals surface area contributed by atoms with E-state index in [1.807, 2.05) is 59.5 Å². The summed E-state index contributed by atoms with van der Waals surface area (Å²) in [6.45, 7) is 3.32. The molecule has 0 radical (unpaired) electrons. The highest BCUT2D eigenvalue weighted by Crippen LogP contribution is 2.19. The summed E-state index contributed by atoms with van der Waals surface area (Å²) < 4.78 is 5.27. The van der Waals surface area contributed by atoms with Gasteiger partial charge in [-0.05, 0) is 23.3 Å². The van der Waals surface area contributed by atoms with Crippen LogP contribution in [-0.4, -0.2) is 60.8 Å². The fourth-order valence-electron chi connectivity index (χ4n) is 3.69. The van der Waals surface area contributed by atoms with Gasteiger partial charge in [-0.3, -0.25) is 9.69 Å². The molecule has 1 saturated heterocycles. The minimum absolute atomic E-state index is 0.00735. The first-order valence-corrected chi connectivity index (χ1v) is 9.62. The van der Waals surface area contributed by atoms with Gasteiger partial charge < -0.3 is 14.5 Å². The third-order valence-corrected chi connectivity index (χ3v) is 5.21. The fraction of sp³-hybridized carbons (Fsp3) is 0.364. The van der Waals surface area contributed by atoms with Gasteiger partial charge in [-0.2, -0.15) is 0 Å². The zero-order valence-corrected chi connectivity index (χ0v) is 16.1. The molecule has 0 N–H and O–H groups in total. The van der Waals surface area contributed by atoms with Crippen LogP contribution in [0.2, 0.25) is 0 Å². The fourth-order valence-corrected chi connectivity index (χ4v) is 3.69. The van der Waals surface area contributed by atoms with E-state index in [1.54, 1.807) is 7.11 Å². The molecule has 2 aromatic rings. The number of ether oxygens (including phenoxy) is 1. The predicted molar refractivity (Wildman–Crippen MR) is 107 cm³/mol. The number of methoxy groups -OCH3 is 1. The number of carbonyl (C=O) groups is 1. The molecule has 0 bridgehead atoms. The maximum atomic E-state index is 12.6. The summed E-state index contributed by atoms with van der Waals surface area (Å²) in [5.41, 5.74) is 3.17. The second-order valence-electron chi connectivity index (χ2n) is 7.24. The molecule has 1 amide bonds. The molecule has 0 saturated carbocycles. The topological polar surface area (TPSA) is 54.4 Å². The molecule has 1 unspecified atom stereocenters. The Morgan fingerprint density at radius 2 is 2.00 bits per heavy atom. The number of hydrogen-bond donors (Lipinski definition) is 0. The molecule has 28 heavy (non-hydrogen) atoms. The molecule has 4 rings (SSSR count). The van der Waals surface area contributed by atoms with Crippen molar-refractivity contribution >= 4 is 11.6 Å². The largest absolute Gasteiger partial charge is 0.497 e. The van der Waals surface area contributed by atoms with E-state index >= 15 is 0 Å². The van der Waals surface area contributed by atoms with Gasteiger partial charge in [-0.15, -0.1) is 0 Å². The van der Waals surface area contributed by atoms with Crippen LogP contribution in [0.3, 0.4) is 0 Å². The molecule has 2 aliphatic heterocycles. The Morgan fingerprint density at radius 1 is 1.14 bits per heavy atom. The number of benzene rings is 2. The lowest BCUT2D eigenvalue weighted by Gasteiger charge is -2.35. The molecule has 146 valence electrons. The van der Waals surface area contributed by atoms with E-state index in [0.717, 1.165) is 48.6 Å². The summed E-state index contributed by atoms with van der Waals surface area (Å²) in [5, 5.41) is 4.24. The molecule has 2 heterocycles. The molecule has 1 atom stereocenters. The summed E-state index contributed by atoms with van der Waals surface area (Å²) in [6.07, 6.45) is 0.787. The Morgan fingerprint density at radius 3 is 2.79 bits per heavy atom. The highest BCUT2D eigenvalue weighted by molar-refractivity contribution is 6.01. The van der Waals surface area contributed by atoms with Crippen molar-refractivity contribution in [2.75, 3.05) is 33.3 Å². The Kier molecular flexibility index (Phi) is 5.58. The standard InChI is InChI=1S/C22H25N3O3/c1-27-19-9-5-6-17(12-19)14-25-11-10-24(16-22(25)26)15-20-13-21(23-28-20)18-7-3-2-4-8-18/h2-9,12,20H,10-11,13-16H2,1H3. The molecule has 6 nitrogen and oxygen atoms in total. The van der Waals surface area contributed by atoms with E-state index in [4.69, 9.17) is 9.57 Å². The Hall–Kier alpha value is -2.86. The maximum absolute atomic E-state index is 12.6. The highest BCUT2D eigenvalue weighted by atomic mass is 16.6. The number of hydrogen-bond acceptors (Lipinski definition) is 5. The van der Waals surface area contributed by atoms with Crippen LogP contribution in [0, 0.1) is 0 Å². The third kappa shape index (κ3) is 4.34. The first kappa shape index (κ1) is 18.5. The van der Waals surface area contributed by atoms with E-state index in [1.165, 1.54) is 0 Å². The van der Waals surface area contributed by atoms with Crippen LogP contribution in [0.1, 0.15) is 17.5 Å². The van der Waals surface area contributed by atoms with Gasteiger partial charge in [0.2, 0.25) is 5.91 Å². The van der Waals surface area contributed by atoms with Crippen LogP contribution in [0.25, 0.3) is 0 Å². The molecule has 0 aromatic heterocycles. The average molecular weight is 379 g/mol. The number of amides is 1. The molecular weight excluding hydrogens is 354 g/mol. The van der Waals surface area contributed by atoms with Gasteiger partial charge in [0.25, 0.3) is 0 Å². The van der Waals surface area contributed by atoms with Crippen molar-refractivity contribution < 1.29 is 14.4 Å². The Labute approximate surface area is 165 Å². The van der Waals surface area contributed by atoms with E-state index in [-0.39, 0.29) is 12.0 Å². The second-order valence-corrected chi connectivity index (χ2v) is 7.24. The molecule has 6 heteroatoms. The van der Waals surface area contributed by atoms with E-state index in [0.29, 0.717) is 13.1 Å². The van der Waals surface area contributed by atoms with Crippen molar-refractivity contribution in [2.24, 2.45) is 5.16 Å². The number of rotatable bonds is 6. The number of nitrogens with zero attached hydrogens (tertiary/aromatic N) is 3. The van der Waals surface area contributed by atoms with Crippen LogP contribution in [0.15, 0.2) is 59.8 Å². The van der Waals surface area contributed by atoms with Crippen molar-refractivity contribution in [3.05, 3.63) is 65.7 Å². The van der Waals surface area contributed by atoms with Crippen molar-refractivity contribution in [1.82, 2.24) is 9.80 Å². The summed E-state index contributed by atoms with van der Waals surface area (Å²) in [5.74, 6) is 0.965. The van der Waals surface area contributed by atoms with Gasteiger partial charge in [0.05, 0.1) is 19.4 Å². The van der Waals surface area contributed by atoms with E-state index in [9.17, 15) is 4.79 Å². The zero-order valence-electron chi connectivity index (χ0n) is 16.1. The van der Waals surface area contributed by atoms with Gasteiger partial charge in [0.15, 0.2) is 0 Å². The normalized spacial score (nSPS) is 20.0. The van der Waals surface area contributed by atoms with Gasteiger partial charge in [-0.1, -0.05) is 47.6 Å². The highest BCUT2D eigenvalue weighted by Gasteiger charge is 2.29. The van der Waals surface area contributed by atoms with Gasteiger partial charge in [-0.25, -0.2) is 0 Å². The molecule has 2 aromatic carbocycles. The Bertz CT molecular complexity index is 853. The number of oxime groups is 1. The first-order chi connectivity index (χ1) is 13.7. The van der Waals surface area contributed by atoms with Crippen molar-refractivity contribution in [3.8, 4) is 5.75 Å². The molecular formula is C22H25N3O3. The second kappa shape index (κ2) is 8.44. The van der Waals surface area contributed by atoms with Gasteiger partial charge in [0.1, 0.15) is 11.9 Å². The Balaban J connectivity index is 1.27. The summed E-state index contributed by atoms with van der Waals surface area (Å²) >= 11 is 0. The maximum Gasteiger partial charge on any atom is 0.237 e. The molecule has 0 spiro atoms. The molecule has 1 fully saturated rings. The lowest BCUT2D eigenvalue weighted by Crippen LogP contribution is -2.51. The van der Waals surface area contributed by atoms with E-state index < -0.39 is 0 Å². The van der Waals surface area contributed by atoms with Crippen molar-refractivity contribution in [1.29, 1.82) is 0 Å². The number of carbonyl (C=O) groups excluding carboxylic acids is 1. The predicted octanol–water partition coefficient (Wildman–Crippen LogP) is 2.53. The summed E-state index contributed by atoms with van der Waals surface area (Å²) in [7, 11) is 1.65. The van der Waals surface area contributed by atoms with Crippen LogP contribution in [-0.2, 0) is 16.2 Å². The quantitative estimate of drug-likeness (QED) is 0.774. The smallest absolute Gasteiger partial charge is 0.237 e. The lowest BCUT2D eigenvalue weighted by molar-refractivity contribution is -0.137. The minimum atomic E-state index is 0.00735. The van der Waals surface area contributed by atoms with Crippen molar-refractivity contribution in [3.63, 3.8) is 0 Å². The number of piperazine rings is 1. The third-order valence-electron chi connectivity index (χ3n) is 5.21. The lowest BCUT2D eigenvalue weighted by atomic mass is 10.0. The summed E-state index contributed by atoms with van der Waals surface area (Å²) in [4.78, 5) is 22.3. The zero-order chi connectivity index (χ0) is 19.3. The monoisotopic (exact) mass is 379 g/mol. The van der Waals surface area contributed by atoms with E-state index in [2.05, 4.69) is 10.1 Å². The SMILES string of the molecule is COc1cccc(CN2CCN(CC3CC(c4ccccc4)=NO3)CC2=O)c1. The average Bonchev–Trinajstić information content (AvgIpc) is 3.19. The van der Waals surface area contributed by atoms with Gasteiger partial charge >= 0.3 is 0 Å². The first-order valence-electron chi connectivity index (χ1n) is 9.62. The van der Waals surface area contributed by atoms with Crippen LogP contribution >= 0.6 is 0 Å². The van der Waals surface area contributed by atoms with Gasteiger partial charge in [0, 0.05) is 32.6 Å². The van der Waals surface area contributed by atoms with Crippen LogP contribution in [0.5, 0.6) is 5.75 Å². The molecule has 2 aliphatic rings. The van der Waals surface area contributed by atoms with Crippen molar-refractivity contribution in [2.45, 2.75) is 19.1 Å². The summed E-state index contributed by atoms with van der Waals surface area (Å²) in [6, 6.07) is 18.0. The minimum Gasteiger partial charge on any atom is -0.497 e. The molecule has 0 aliphatic carbocycles. The van der Waals surface area contributed by atoms with Crippen LogP contribution in [0.4, 0.5) is 0 Å².